The lowest BCUT2D eigenvalue weighted by Crippen LogP contribution is -2.38. The molecule has 0 saturated carbocycles. The van der Waals surface area contributed by atoms with E-state index in [1.807, 2.05) is 24.2 Å². The summed E-state index contributed by atoms with van der Waals surface area (Å²) < 4.78 is 0. The SMILES string of the molecule is Cc1cnccc1CN(C)C(=O)[C@@H]1C[C@H](c2ccccc2)N2CCC[C@@H]12. The van der Waals surface area contributed by atoms with E-state index < -0.39 is 0 Å². The van der Waals surface area contributed by atoms with Gasteiger partial charge in [-0.3, -0.25) is 14.7 Å². The lowest BCUT2D eigenvalue weighted by atomic mass is 9.93. The fraction of sp³-hybridized carbons (Fsp3) is 0.455. The summed E-state index contributed by atoms with van der Waals surface area (Å²) in [6.45, 7) is 3.83. The molecule has 2 aliphatic heterocycles. The maximum atomic E-state index is 13.3. The third kappa shape index (κ3) is 3.14. The fourth-order valence-corrected chi connectivity index (χ4v) is 4.73. The van der Waals surface area contributed by atoms with Gasteiger partial charge in [-0.1, -0.05) is 30.3 Å². The number of nitrogens with zero attached hydrogens (tertiary/aromatic N) is 3. The van der Waals surface area contributed by atoms with E-state index in [1.54, 1.807) is 6.20 Å². The summed E-state index contributed by atoms with van der Waals surface area (Å²) in [6.07, 6.45) is 6.95. The van der Waals surface area contributed by atoms with Gasteiger partial charge >= 0.3 is 0 Å². The molecule has 3 heterocycles. The average molecular weight is 349 g/mol. The Morgan fingerprint density at radius 2 is 2.08 bits per heavy atom. The third-order valence-corrected chi connectivity index (χ3v) is 6.11. The highest BCUT2D eigenvalue weighted by molar-refractivity contribution is 5.80. The number of hydrogen-bond donors (Lipinski definition) is 0. The molecule has 4 nitrogen and oxygen atoms in total. The van der Waals surface area contributed by atoms with Crippen LogP contribution in [0.25, 0.3) is 0 Å². The van der Waals surface area contributed by atoms with Gasteiger partial charge < -0.3 is 4.90 Å². The fourth-order valence-electron chi connectivity index (χ4n) is 4.73. The van der Waals surface area contributed by atoms with Crippen LogP contribution < -0.4 is 0 Å². The summed E-state index contributed by atoms with van der Waals surface area (Å²) in [5.41, 5.74) is 3.67. The standard InChI is InChI=1S/C22H27N3O/c1-16-14-23-11-10-18(16)15-24(2)22(26)19-13-21(17-7-4-3-5-8-17)25-12-6-9-20(19)25/h3-5,7-8,10-11,14,19-21H,6,9,12-13,15H2,1-2H3/t19-,20+,21-/m1/s1. The second-order valence-corrected chi connectivity index (χ2v) is 7.71. The molecule has 0 N–H and O–H groups in total. The number of rotatable bonds is 4. The zero-order valence-electron chi connectivity index (χ0n) is 15.6. The third-order valence-electron chi connectivity index (χ3n) is 6.11. The van der Waals surface area contributed by atoms with Crippen LogP contribution in [0.3, 0.4) is 0 Å². The Labute approximate surface area is 155 Å². The minimum atomic E-state index is 0.106. The van der Waals surface area contributed by atoms with Gasteiger partial charge in [0.25, 0.3) is 0 Å². The highest BCUT2D eigenvalue weighted by Crippen LogP contribution is 2.45. The van der Waals surface area contributed by atoms with Crippen LogP contribution in [0.1, 0.15) is 42.0 Å². The van der Waals surface area contributed by atoms with Gasteiger partial charge in [0.2, 0.25) is 5.91 Å². The first-order chi connectivity index (χ1) is 12.6. The molecule has 0 spiro atoms. The molecule has 1 amide bonds. The molecule has 0 radical (unpaired) electrons. The number of carbonyl (C=O) groups is 1. The summed E-state index contributed by atoms with van der Waals surface area (Å²) in [5, 5.41) is 0. The normalized spacial score (nSPS) is 25.2. The second kappa shape index (κ2) is 7.20. The zero-order valence-corrected chi connectivity index (χ0v) is 15.6. The minimum Gasteiger partial charge on any atom is -0.341 e. The molecule has 4 rings (SSSR count). The average Bonchev–Trinajstić information content (AvgIpc) is 3.26. The van der Waals surface area contributed by atoms with Crippen LogP contribution in [0.2, 0.25) is 0 Å². The van der Waals surface area contributed by atoms with Gasteiger partial charge in [0.1, 0.15) is 0 Å². The highest BCUT2D eigenvalue weighted by Gasteiger charge is 2.47. The largest absolute Gasteiger partial charge is 0.341 e. The van der Waals surface area contributed by atoms with Crippen molar-refractivity contribution in [1.29, 1.82) is 0 Å². The number of aryl methyl sites for hydroxylation is 1. The zero-order chi connectivity index (χ0) is 18.1. The molecule has 2 aliphatic rings. The Balaban J connectivity index is 1.51. The van der Waals surface area contributed by atoms with Gasteiger partial charge in [0.15, 0.2) is 0 Å². The Hall–Kier alpha value is -2.20. The van der Waals surface area contributed by atoms with Crippen LogP contribution in [-0.4, -0.2) is 40.3 Å². The molecule has 3 atom stereocenters. The molecule has 2 fully saturated rings. The quantitative estimate of drug-likeness (QED) is 0.847. The lowest BCUT2D eigenvalue weighted by molar-refractivity contribution is -0.135. The number of aromatic nitrogens is 1. The molecule has 1 aromatic carbocycles. The molecular weight excluding hydrogens is 322 g/mol. The van der Waals surface area contributed by atoms with E-state index in [0.29, 0.717) is 18.6 Å². The smallest absolute Gasteiger partial charge is 0.227 e. The maximum absolute atomic E-state index is 13.3. The molecule has 0 aliphatic carbocycles. The Morgan fingerprint density at radius 3 is 2.85 bits per heavy atom. The van der Waals surface area contributed by atoms with Crippen molar-refractivity contribution in [2.24, 2.45) is 5.92 Å². The lowest BCUT2D eigenvalue weighted by Gasteiger charge is -2.26. The van der Waals surface area contributed by atoms with Crippen molar-refractivity contribution in [3.8, 4) is 0 Å². The van der Waals surface area contributed by atoms with E-state index in [0.717, 1.165) is 24.9 Å². The van der Waals surface area contributed by atoms with Gasteiger partial charge in [-0.15, -0.1) is 0 Å². The number of fused-ring (bicyclic) bond motifs is 1. The minimum absolute atomic E-state index is 0.106. The van der Waals surface area contributed by atoms with E-state index in [-0.39, 0.29) is 11.8 Å². The molecule has 4 heteroatoms. The first-order valence-corrected chi connectivity index (χ1v) is 9.60. The predicted molar refractivity (Wildman–Crippen MR) is 102 cm³/mol. The van der Waals surface area contributed by atoms with Gasteiger partial charge in [0.05, 0.1) is 5.92 Å². The van der Waals surface area contributed by atoms with Gasteiger partial charge in [-0.05, 0) is 55.5 Å². The van der Waals surface area contributed by atoms with Gasteiger partial charge in [-0.2, -0.15) is 0 Å². The maximum Gasteiger partial charge on any atom is 0.227 e. The van der Waals surface area contributed by atoms with Crippen molar-refractivity contribution in [2.75, 3.05) is 13.6 Å². The molecule has 0 unspecified atom stereocenters. The van der Waals surface area contributed by atoms with Crippen LogP contribution in [0, 0.1) is 12.8 Å². The van der Waals surface area contributed by atoms with Crippen LogP contribution in [-0.2, 0) is 11.3 Å². The number of pyridine rings is 1. The Kier molecular flexibility index (Phi) is 4.77. The summed E-state index contributed by atoms with van der Waals surface area (Å²) in [7, 11) is 1.94. The second-order valence-electron chi connectivity index (χ2n) is 7.71. The van der Waals surface area contributed by atoms with Crippen molar-refractivity contribution < 1.29 is 4.79 Å². The number of carbonyl (C=O) groups excluding carboxylic acids is 1. The number of hydrogen-bond acceptors (Lipinski definition) is 3. The number of benzene rings is 1. The molecule has 136 valence electrons. The van der Waals surface area contributed by atoms with E-state index in [4.69, 9.17) is 0 Å². The van der Waals surface area contributed by atoms with Crippen LogP contribution in [0.4, 0.5) is 0 Å². The Bertz CT molecular complexity index is 776. The van der Waals surface area contributed by atoms with Crippen molar-refractivity contribution in [3.63, 3.8) is 0 Å². The van der Waals surface area contributed by atoms with E-state index >= 15 is 0 Å². The molecule has 2 saturated heterocycles. The molecule has 0 bridgehead atoms. The van der Waals surface area contributed by atoms with Gasteiger partial charge in [-0.25, -0.2) is 0 Å². The van der Waals surface area contributed by atoms with Crippen LogP contribution in [0.15, 0.2) is 48.8 Å². The van der Waals surface area contributed by atoms with Crippen molar-refractivity contribution in [2.45, 2.75) is 44.8 Å². The number of amides is 1. The highest BCUT2D eigenvalue weighted by atomic mass is 16.2. The summed E-state index contributed by atoms with van der Waals surface area (Å²) >= 11 is 0. The van der Waals surface area contributed by atoms with E-state index in [1.165, 1.54) is 17.5 Å². The van der Waals surface area contributed by atoms with Crippen molar-refractivity contribution >= 4 is 5.91 Å². The molecule has 26 heavy (non-hydrogen) atoms. The predicted octanol–water partition coefficient (Wildman–Crippen LogP) is 3.57. The van der Waals surface area contributed by atoms with Crippen molar-refractivity contribution in [1.82, 2.24) is 14.8 Å². The van der Waals surface area contributed by atoms with E-state index in [2.05, 4.69) is 47.1 Å². The first-order valence-electron chi connectivity index (χ1n) is 9.60. The summed E-state index contributed by atoms with van der Waals surface area (Å²) in [6, 6.07) is 13.5. The van der Waals surface area contributed by atoms with Crippen molar-refractivity contribution in [3.05, 3.63) is 65.5 Å². The summed E-state index contributed by atoms with van der Waals surface area (Å²) in [4.78, 5) is 21.9. The van der Waals surface area contributed by atoms with E-state index in [9.17, 15) is 4.79 Å². The molecule has 2 aromatic rings. The molecule has 1 aromatic heterocycles. The Morgan fingerprint density at radius 1 is 1.27 bits per heavy atom. The monoisotopic (exact) mass is 349 g/mol. The topological polar surface area (TPSA) is 36.4 Å². The van der Waals surface area contributed by atoms with Crippen LogP contribution in [0.5, 0.6) is 0 Å². The molecular formula is C22H27N3O. The van der Waals surface area contributed by atoms with Gasteiger partial charge in [0, 0.05) is 38.1 Å². The summed E-state index contributed by atoms with van der Waals surface area (Å²) in [5.74, 6) is 0.395. The first kappa shape index (κ1) is 17.2. The van der Waals surface area contributed by atoms with Crippen LogP contribution >= 0.6 is 0 Å².